The van der Waals surface area contributed by atoms with Crippen molar-refractivity contribution in [2.24, 2.45) is 0 Å². The first-order valence-corrected chi connectivity index (χ1v) is 4.13. The lowest BCUT2D eigenvalue weighted by atomic mass is 10.5. The summed E-state index contributed by atoms with van der Waals surface area (Å²) >= 11 is 0. The van der Waals surface area contributed by atoms with Crippen LogP contribution < -0.4 is 5.43 Å². The second kappa shape index (κ2) is 5.54. The molecule has 9 heteroatoms. The third kappa shape index (κ3) is 6.87. The van der Waals surface area contributed by atoms with Crippen molar-refractivity contribution in [3.8, 4) is 0 Å². The molecular weight excluding hydrogens is 231 g/mol. The molecule has 94 valence electrons. The van der Waals surface area contributed by atoms with Crippen LogP contribution in [0.25, 0.3) is 0 Å². The highest BCUT2D eigenvalue weighted by molar-refractivity contribution is 5.79. The average Bonchev–Trinajstić information content (AvgIpc) is 1.97. The van der Waals surface area contributed by atoms with E-state index in [9.17, 15) is 22.8 Å². The molecule has 0 saturated carbocycles. The third-order valence-electron chi connectivity index (χ3n) is 1.30. The quantitative estimate of drug-likeness (QED) is 0.688. The first-order chi connectivity index (χ1) is 7.11. The van der Waals surface area contributed by atoms with Gasteiger partial charge >= 0.3 is 18.2 Å². The number of carbonyl (C=O) groups excluding carboxylic acids is 1. The van der Waals surface area contributed by atoms with Crippen LogP contribution in [0.5, 0.6) is 0 Å². The molecule has 16 heavy (non-hydrogen) atoms. The van der Waals surface area contributed by atoms with Crippen molar-refractivity contribution in [2.75, 3.05) is 27.2 Å². The first kappa shape index (κ1) is 14.5. The van der Waals surface area contributed by atoms with Crippen molar-refractivity contribution in [3.63, 3.8) is 0 Å². The van der Waals surface area contributed by atoms with E-state index in [1.54, 1.807) is 0 Å². The maximum absolute atomic E-state index is 12.0. The smallest absolute Gasteiger partial charge is 0.406 e. The van der Waals surface area contributed by atoms with E-state index in [2.05, 4.69) is 0 Å². The number of hydrogen-bond donors (Lipinski definition) is 2. The van der Waals surface area contributed by atoms with Gasteiger partial charge in [0.1, 0.15) is 13.1 Å². The highest BCUT2D eigenvalue weighted by Gasteiger charge is 2.34. The maximum Gasteiger partial charge on any atom is 0.406 e. The van der Waals surface area contributed by atoms with Gasteiger partial charge < -0.3 is 10.0 Å². The number of nitrogens with zero attached hydrogens (tertiary/aromatic N) is 2. The fourth-order valence-electron chi connectivity index (χ4n) is 0.841. The van der Waals surface area contributed by atoms with E-state index < -0.39 is 31.3 Å². The van der Waals surface area contributed by atoms with Crippen LogP contribution in [0, 0.1) is 0 Å². The van der Waals surface area contributed by atoms with Crippen molar-refractivity contribution in [3.05, 3.63) is 0 Å². The summed E-state index contributed by atoms with van der Waals surface area (Å²) in [6.45, 7) is -2.63. The molecule has 0 saturated heterocycles. The van der Waals surface area contributed by atoms with Gasteiger partial charge in [-0.15, -0.1) is 0 Å². The summed E-state index contributed by atoms with van der Waals surface area (Å²) in [5, 5.41) is 9.48. The van der Waals surface area contributed by atoms with Crippen LogP contribution in [0.4, 0.5) is 18.0 Å². The lowest BCUT2D eigenvalue weighted by Crippen LogP contribution is -2.50. The molecule has 0 aliphatic carbocycles. The van der Waals surface area contributed by atoms with E-state index in [1.165, 1.54) is 14.1 Å². The Bertz CT molecular complexity index is 267. The molecule has 0 aliphatic heterocycles. The second-order valence-corrected chi connectivity index (χ2v) is 3.18. The lowest BCUT2D eigenvalue weighted by molar-refractivity contribution is -0.149. The molecule has 2 amide bonds. The molecule has 0 heterocycles. The number of alkyl halides is 3. The third-order valence-corrected chi connectivity index (χ3v) is 1.30. The number of rotatable bonds is 4. The molecule has 0 fully saturated rings. The number of hydrogen-bond acceptors (Lipinski definition) is 3. The Labute approximate surface area is 89.6 Å². The van der Waals surface area contributed by atoms with Crippen LogP contribution in [0.3, 0.4) is 0 Å². The number of nitrogens with one attached hydrogen (secondary N) is 1. The molecule has 0 aromatic rings. The molecule has 0 unspecified atom stereocenters. The van der Waals surface area contributed by atoms with Crippen LogP contribution in [-0.4, -0.2) is 60.4 Å². The molecule has 0 rings (SSSR count). The Hall–Kier alpha value is -1.51. The van der Waals surface area contributed by atoms with E-state index >= 15 is 0 Å². The molecule has 0 aromatic carbocycles. The number of halogens is 3. The first-order valence-electron chi connectivity index (χ1n) is 4.13. The number of carbonyl (C=O) groups is 2. The van der Waals surface area contributed by atoms with Gasteiger partial charge in [-0.25, -0.2) is 9.80 Å². The van der Waals surface area contributed by atoms with E-state index in [0.29, 0.717) is 0 Å². The van der Waals surface area contributed by atoms with E-state index in [4.69, 9.17) is 5.11 Å². The molecule has 0 aliphatic rings. The maximum atomic E-state index is 12.0. The van der Waals surface area contributed by atoms with Crippen LogP contribution >= 0.6 is 0 Å². The number of carboxylic acid groups (broad SMARTS) is 1. The summed E-state index contributed by atoms with van der Waals surface area (Å²) < 4.78 is 36.1. The molecule has 0 bridgehead atoms. The fourth-order valence-corrected chi connectivity index (χ4v) is 0.841. The summed E-state index contributed by atoms with van der Waals surface area (Å²) in [5.74, 6) is -1.52. The normalized spacial score (nSPS) is 11.4. The van der Waals surface area contributed by atoms with Crippen LogP contribution in [-0.2, 0) is 4.79 Å². The minimum absolute atomic E-state index is 0.155. The minimum atomic E-state index is -4.64. The Morgan fingerprint density at radius 1 is 1.31 bits per heavy atom. The zero-order valence-electron chi connectivity index (χ0n) is 8.71. The Morgan fingerprint density at radius 3 is 2.12 bits per heavy atom. The van der Waals surface area contributed by atoms with Gasteiger partial charge in [-0.1, -0.05) is 0 Å². The van der Waals surface area contributed by atoms with Crippen LogP contribution in [0.1, 0.15) is 0 Å². The topological polar surface area (TPSA) is 72.9 Å². The number of amides is 2. The number of urea groups is 1. The molecule has 0 aromatic heterocycles. The van der Waals surface area contributed by atoms with Gasteiger partial charge in [-0.2, -0.15) is 13.2 Å². The average molecular weight is 243 g/mol. The van der Waals surface area contributed by atoms with E-state index in [1.807, 2.05) is 5.43 Å². The molecule has 6 nitrogen and oxygen atoms in total. The van der Waals surface area contributed by atoms with Crippen molar-refractivity contribution >= 4 is 12.0 Å². The van der Waals surface area contributed by atoms with Crippen molar-refractivity contribution in [2.45, 2.75) is 6.18 Å². The van der Waals surface area contributed by atoms with E-state index in [-0.39, 0.29) is 4.90 Å². The van der Waals surface area contributed by atoms with Gasteiger partial charge in [0.05, 0.1) is 0 Å². The monoisotopic (exact) mass is 243 g/mol. The van der Waals surface area contributed by atoms with Gasteiger partial charge in [-0.3, -0.25) is 10.2 Å². The van der Waals surface area contributed by atoms with Gasteiger partial charge in [0.15, 0.2) is 0 Å². The Morgan fingerprint density at radius 2 is 1.81 bits per heavy atom. The number of carboxylic acids is 1. The summed E-state index contributed by atoms with van der Waals surface area (Å²) in [5.41, 5.74) is 2.03. The van der Waals surface area contributed by atoms with Gasteiger partial charge in [0.25, 0.3) is 0 Å². The number of hydrazine groups is 1. The van der Waals surface area contributed by atoms with Gasteiger partial charge in [0.2, 0.25) is 0 Å². The summed E-state index contributed by atoms with van der Waals surface area (Å²) in [4.78, 5) is 21.6. The summed E-state index contributed by atoms with van der Waals surface area (Å²) in [6.07, 6.45) is -4.64. The Balaban J connectivity index is 4.53. The second-order valence-electron chi connectivity index (χ2n) is 3.18. The summed E-state index contributed by atoms with van der Waals surface area (Å²) in [7, 11) is 2.79. The predicted octanol–water partition coefficient (Wildman–Crippen LogP) is 0.121. The van der Waals surface area contributed by atoms with Gasteiger partial charge in [0, 0.05) is 14.1 Å². The highest BCUT2D eigenvalue weighted by Crippen LogP contribution is 2.16. The molecule has 0 radical (unpaired) electrons. The van der Waals surface area contributed by atoms with Crippen LogP contribution in [0.15, 0.2) is 0 Å². The predicted molar refractivity (Wildman–Crippen MR) is 47.5 cm³/mol. The minimum Gasteiger partial charge on any atom is -0.480 e. The van der Waals surface area contributed by atoms with E-state index in [0.717, 1.165) is 5.01 Å². The Kier molecular flexibility index (Phi) is 5.02. The molecular formula is C7H12F3N3O3. The summed E-state index contributed by atoms with van der Waals surface area (Å²) in [6, 6.07) is -1.12. The van der Waals surface area contributed by atoms with Gasteiger partial charge in [-0.05, 0) is 0 Å². The van der Waals surface area contributed by atoms with Crippen molar-refractivity contribution in [1.82, 2.24) is 15.3 Å². The van der Waals surface area contributed by atoms with Crippen LogP contribution in [0.2, 0.25) is 0 Å². The number of aliphatic carboxylic acids is 1. The molecule has 2 N–H and O–H groups in total. The lowest BCUT2D eigenvalue weighted by Gasteiger charge is -2.24. The fraction of sp³-hybridized carbons (Fsp3) is 0.714. The molecule has 0 atom stereocenters. The van der Waals surface area contributed by atoms with Crippen molar-refractivity contribution in [1.29, 1.82) is 0 Å². The highest BCUT2D eigenvalue weighted by atomic mass is 19.4. The largest absolute Gasteiger partial charge is 0.480 e. The standard InChI is InChI=1S/C7H12F3N3O3/c1-12(2)11-6(16)13(3-5(14)15)4-7(8,9)10/h3-4H2,1-2H3,(H,11,16)(H,14,15). The molecule has 0 spiro atoms. The van der Waals surface area contributed by atoms with Crippen molar-refractivity contribution < 1.29 is 27.9 Å². The zero-order chi connectivity index (χ0) is 12.9. The SMILES string of the molecule is CN(C)NC(=O)N(CC(=O)O)CC(F)(F)F. The zero-order valence-corrected chi connectivity index (χ0v) is 8.71.